The van der Waals surface area contributed by atoms with Gasteiger partial charge in [-0.1, -0.05) is 13.8 Å². The molecule has 1 aromatic heterocycles. The first-order chi connectivity index (χ1) is 8.95. The largest absolute Gasteiger partial charge is 0.396 e. The van der Waals surface area contributed by atoms with Crippen LogP contribution in [-0.2, 0) is 0 Å². The minimum Gasteiger partial charge on any atom is -0.396 e. The first-order valence-corrected chi connectivity index (χ1v) is 8.50. The van der Waals surface area contributed by atoms with E-state index >= 15 is 0 Å². The van der Waals surface area contributed by atoms with E-state index in [1.54, 1.807) is 11.8 Å². The Morgan fingerprint density at radius 2 is 2.21 bits per heavy atom. The van der Waals surface area contributed by atoms with Crippen LogP contribution in [0.25, 0.3) is 0 Å². The van der Waals surface area contributed by atoms with Gasteiger partial charge in [0.05, 0.1) is 10.6 Å². The number of rotatable bonds is 4. The van der Waals surface area contributed by atoms with Crippen molar-refractivity contribution in [1.82, 2.24) is 0 Å². The minimum absolute atomic E-state index is 0.427. The number of nitrogen functional groups attached to an aromatic ring is 1. The number of thiophene rings is 1. The third-order valence-corrected chi connectivity index (χ3v) is 6.00. The number of carbonyl (C=O) groups excluding carboxylic acids is 1. The Morgan fingerprint density at radius 3 is 2.68 bits per heavy atom. The van der Waals surface area contributed by atoms with Crippen LogP contribution in [0.4, 0.5) is 10.7 Å². The molecule has 1 atom stereocenters. The van der Waals surface area contributed by atoms with Crippen molar-refractivity contribution in [3.05, 3.63) is 4.88 Å². The Kier molecular flexibility index (Phi) is 4.30. The normalized spacial score (nSPS) is 19.4. The predicted molar refractivity (Wildman–Crippen MR) is 84.2 cm³/mol. The smallest absolute Gasteiger partial charge is 0.261 e. The molecule has 6 heteroatoms. The van der Waals surface area contributed by atoms with Crippen LogP contribution < -0.4 is 16.4 Å². The van der Waals surface area contributed by atoms with Gasteiger partial charge in [-0.25, -0.2) is 0 Å². The maximum atomic E-state index is 11.4. The van der Waals surface area contributed by atoms with E-state index in [-0.39, 0.29) is 0 Å². The van der Waals surface area contributed by atoms with E-state index in [1.807, 2.05) is 6.26 Å². The van der Waals surface area contributed by atoms with Gasteiger partial charge in [0.25, 0.3) is 5.91 Å². The van der Waals surface area contributed by atoms with Crippen LogP contribution in [0, 0.1) is 11.8 Å². The fraction of sp³-hybridized carbons (Fsp3) is 0.615. The van der Waals surface area contributed by atoms with Gasteiger partial charge >= 0.3 is 0 Å². The highest BCUT2D eigenvalue weighted by Crippen LogP contribution is 2.45. The number of amides is 1. The number of primary amides is 1. The molecule has 1 aliphatic rings. The average molecular weight is 299 g/mol. The Bertz CT molecular complexity index is 484. The van der Waals surface area contributed by atoms with Crippen molar-refractivity contribution >= 4 is 39.7 Å². The van der Waals surface area contributed by atoms with Crippen molar-refractivity contribution in [3.63, 3.8) is 0 Å². The molecule has 106 valence electrons. The van der Waals surface area contributed by atoms with Gasteiger partial charge in [-0.2, -0.15) is 0 Å². The number of hydrogen-bond acceptors (Lipinski definition) is 5. The summed E-state index contributed by atoms with van der Waals surface area (Å²) in [6, 6.07) is 0. The topological polar surface area (TPSA) is 72.3 Å². The van der Waals surface area contributed by atoms with Gasteiger partial charge in [0.1, 0.15) is 9.88 Å². The second-order valence-electron chi connectivity index (χ2n) is 5.29. The molecule has 4 N–H and O–H groups in total. The quantitative estimate of drug-likeness (QED) is 0.838. The number of nitrogens with two attached hydrogens (primary N) is 2. The molecule has 0 saturated carbocycles. The first kappa shape index (κ1) is 14.5. The molecule has 1 fully saturated rings. The molecule has 0 radical (unpaired) electrons. The molecule has 19 heavy (non-hydrogen) atoms. The van der Waals surface area contributed by atoms with E-state index in [1.165, 1.54) is 17.8 Å². The van der Waals surface area contributed by atoms with Crippen LogP contribution in [0.15, 0.2) is 4.90 Å². The summed E-state index contributed by atoms with van der Waals surface area (Å²) in [7, 11) is 0. The van der Waals surface area contributed by atoms with E-state index in [4.69, 9.17) is 11.5 Å². The zero-order valence-electron chi connectivity index (χ0n) is 11.6. The van der Waals surface area contributed by atoms with Crippen LogP contribution in [0.5, 0.6) is 0 Å². The Hall–Kier alpha value is -0.880. The minimum atomic E-state index is -0.427. The van der Waals surface area contributed by atoms with E-state index in [2.05, 4.69) is 18.7 Å². The van der Waals surface area contributed by atoms with Crippen molar-refractivity contribution in [2.45, 2.75) is 25.2 Å². The molecule has 1 amide bonds. The molecular weight excluding hydrogens is 278 g/mol. The van der Waals surface area contributed by atoms with Gasteiger partial charge in [0.2, 0.25) is 0 Å². The fourth-order valence-electron chi connectivity index (χ4n) is 2.52. The average Bonchev–Trinajstić information content (AvgIpc) is 2.92. The predicted octanol–water partition coefficient (Wildman–Crippen LogP) is 2.63. The molecule has 0 aromatic carbocycles. The summed E-state index contributed by atoms with van der Waals surface area (Å²) in [5.41, 5.74) is 12.0. The number of thioether (sulfide) groups is 1. The lowest BCUT2D eigenvalue weighted by Gasteiger charge is -2.19. The lowest BCUT2D eigenvalue weighted by molar-refractivity contribution is 0.100. The third kappa shape index (κ3) is 2.69. The Morgan fingerprint density at radius 1 is 1.53 bits per heavy atom. The highest BCUT2D eigenvalue weighted by molar-refractivity contribution is 7.99. The lowest BCUT2D eigenvalue weighted by Crippen LogP contribution is -2.20. The second-order valence-corrected chi connectivity index (χ2v) is 7.10. The van der Waals surface area contributed by atoms with Gasteiger partial charge in [0.15, 0.2) is 0 Å². The molecule has 0 spiro atoms. The van der Waals surface area contributed by atoms with Gasteiger partial charge in [-0.3, -0.25) is 4.79 Å². The molecular formula is C13H21N3OS2. The number of anilines is 2. The van der Waals surface area contributed by atoms with Crippen LogP contribution in [0.2, 0.25) is 0 Å². The molecule has 2 rings (SSSR count). The van der Waals surface area contributed by atoms with E-state index in [0.717, 1.165) is 28.9 Å². The van der Waals surface area contributed by atoms with Gasteiger partial charge in [-0.15, -0.1) is 23.1 Å². The zero-order chi connectivity index (χ0) is 14.2. The first-order valence-electron chi connectivity index (χ1n) is 6.46. The van der Waals surface area contributed by atoms with Gasteiger partial charge in [0, 0.05) is 13.1 Å². The van der Waals surface area contributed by atoms with Gasteiger partial charge in [-0.05, 0) is 24.5 Å². The van der Waals surface area contributed by atoms with Crippen molar-refractivity contribution in [2.75, 3.05) is 30.0 Å². The van der Waals surface area contributed by atoms with Crippen molar-refractivity contribution in [1.29, 1.82) is 0 Å². The SMILES string of the molecule is CSc1c(N2CCC(C(C)C)C2)sc(C(N)=O)c1N. The standard InChI is InChI=1S/C13H21N3OS2/c1-7(2)8-4-5-16(6-8)13-11(18-3)9(14)10(19-13)12(15)17/h7-8H,4-6,14H2,1-3H3,(H2,15,17). The summed E-state index contributed by atoms with van der Waals surface area (Å²) in [6.45, 7) is 6.61. The maximum Gasteiger partial charge on any atom is 0.261 e. The maximum absolute atomic E-state index is 11.4. The zero-order valence-corrected chi connectivity index (χ0v) is 13.2. The Labute approximate surface area is 122 Å². The summed E-state index contributed by atoms with van der Waals surface area (Å²) in [5.74, 6) is 0.981. The highest BCUT2D eigenvalue weighted by atomic mass is 32.2. The summed E-state index contributed by atoms with van der Waals surface area (Å²) in [4.78, 5) is 15.3. The molecule has 2 heterocycles. The van der Waals surface area contributed by atoms with Crippen LogP contribution in [0.1, 0.15) is 29.9 Å². The third-order valence-electron chi connectivity index (χ3n) is 3.76. The van der Waals surface area contributed by atoms with E-state index in [0.29, 0.717) is 16.5 Å². The monoisotopic (exact) mass is 299 g/mol. The molecule has 4 nitrogen and oxygen atoms in total. The number of nitrogens with zero attached hydrogens (tertiary/aromatic N) is 1. The molecule has 0 aliphatic carbocycles. The van der Waals surface area contributed by atoms with E-state index < -0.39 is 5.91 Å². The number of hydrogen-bond donors (Lipinski definition) is 2. The van der Waals surface area contributed by atoms with E-state index in [9.17, 15) is 4.79 Å². The summed E-state index contributed by atoms with van der Waals surface area (Å²) >= 11 is 3.03. The molecule has 1 aliphatic heterocycles. The molecule has 1 aromatic rings. The van der Waals surface area contributed by atoms with Crippen LogP contribution in [0.3, 0.4) is 0 Å². The van der Waals surface area contributed by atoms with Gasteiger partial charge < -0.3 is 16.4 Å². The summed E-state index contributed by atoms with van der Waals surface area (Å²) in [5, 5.41) is 1.11. The fourth-order valence-corrected chi connectivity index (χ4v) is 4.59. The second kappa shape index (κ2) is 5.63. The van der Waals surface area contributed by atoms with Crippen molar-refractivity contribution < 1.29 is 4.79 Å². The summed E-state index contributed by atoms with van der Waals surface area (Å²) in [6.07, 6.45) is 3.19. The van der Waals surface area contributed by atoms with Crippen LogP contribution >= 0.6 is 23.1 Å². The molecule has 0 bridgehead atoms. The molecule has 1 unspecified atom stereocenters. The highest BCUT2D eigenvalue weighted by Gasteiger charge is 2.29. The molecule has 1 saturated heterocycles. The number of carbonyl (C=O) groups is 1. The van der Waals surface area contributed by atoms with Crippen molar-refractivity contribution in [3.8, 4) is 0 Å². The van der Waals surface area contributed by atoms with Crippen LogP contribution in [-0.4, -0.2) is 25.3 Å². The van der Waals surface area contributed by atoms with Crippen molar-refractivity contribution in [2.24, 2.45) is 17.6 Å². The lowest BCUT2D eigenvalue weighted by atomic mass is 9.95. The summed E-state index contributed by atoms with van der Waals surface area (Å²) < 4.78 is 0. The Balaban J connectivity index is 2.30.